The summed E-state index contributed by atoms with van der Waals surface area (Å²) >= 11 is 7.46. The molecule has 9 heteroatoms. The van der Waals surface area contributed by atoms with E-state index < -0.39 is 0 Å². The fraction of sp³-hybridized carbons (Fsp3) is 0.240. The van der Waals surface area contributed by atoms with Gasteiger partial charge in [-0.25, -0.2) is 0 Å². The Kier molecular flexibility index (Phi) is 7.10. The van der Waals surface area contributed by atoms with E-state index in [0.717, 1.165) is 41.1 Å². The predicted octanol–water partition coefficient (Wildman–Crippen LogP) is 4.64. The summed E-state index contributed by atoms with van der Waals surface area (Å²) < 4.78 is 7.46. The lowest BCUT2D eigenvalue weighted by Crippen LogP contribution is -2.36. The van der Waals surface area contributed by atoms with Crippen LogP contribution in [0.25, 0.3) is 16.5 Å². The number of carbonyl (C=O) groups excluding carboxylic acids is 1. The van der Waals surface area contributed by atoms with E-state index in [4.69, 9.17) is 16.3 Å². The van der Waals surface area contributed by atoms with Gasteiger partial charge in [0, 0.05) is 29.5 Å². The van der Waals surface area contributed by atoms with Crippen molar-refractivity contribution in [3.05, 3.63) is 77.6 Å². The molecule has 0 aliphatic carbocycles. The van der Waals surface area contributed by atoms with Gasteiger partial charge in [0.05, 0.1) is 25.5 Å². The van der Waals surface area contributed by atoms with Crippen LogP contribution >= 0.6 is 23.4 Å². The number of nitrogens with one attached hydrogen (secondary N) is 1. The van der Waals surface area contributed by atoms with E-state index in [1.165, 1.54) is 11.8 Å². The second kappa shape index (κ2) is 10.6. The maximum atomic E-state index is 12.7. The number of amides is 1. The first-order chi connectivity index (χ1) is 16.7. The van der Waals surface area contributed by atoms with E-state index in [2.05, 4.69) is 26.5 Å². The van der Waals surface area contributed by atoms with Gasteiger partial charge in [-0.15, -0.1) is 10.2 Å². The summed E-state index contributed by atoms with van der Waals surface area (Å²) in [6.45, 7) is 3.79. The molecule has 0 radical (unpaired) electrons. The number of morpholine rings is 1. The van der Waals surface area contributed by atoms with Crippen LogP contribution in [0.15, 0.2) is 71.9 Å². The highest BCUT2D eigenvalue weighted by atomic mass is 35.5. The Labute approximate surface area is 207 Å². The second-order valence-electron chi connectivity index (χ2n) is 8.00. The molecule has 1 aliphatic heterocycles. The molecule has 1 saturated heterocycles. The van der Waals surface area contributed by atoms with Gasteiger partial charge in [-0.1, -0.05) is 53.7 Å². The summed E-state index contributed by atoms with van der Waals surface area (Å²) in [5.74, 6) is 0.943. The minimum Gasteiger partial charge on any atom is -0.379 e. The van der Waals surface area contributed by atoms with E-state index in [0.29, 0.717) is 29.9 Å². The Hall–Kier alpha value is -2.91. The summed E-state index contributed by atoms with van der Waals surface area (Å²) in [6.07, 6.45) is 0. The molecule has 1 fully saturated rings. The Bertz CT molecular complexity index is 1290. The van der Waals surface area contributed by atoms with Crippen LogP contribution in [0.2, 0.25) is 5.02 Å². The zero-order chi connectivity index (χ0) is 23.3. The van der Waals surface area contributed by atoms with Crippen molar-refractivity contribution in [2.45, 2.75) is 11.7 Å². The van der Waals surface area contributed by atoms with Gasteiger partial charge in [0.25, 0.3) is 0 Å². The molecule has 34 heavy (non-hydrogen) atoms. The molecule has 0 unspecified atom stereocenters. The second-order valence-corrected chi connectivity index (χ2v) is 9.38. The first-order valence-corrected chi connectivity index (χ1v) is 12.4. The number of rotatable bonds is 7. The molecular weight excluding hydrogens is 470 g/mol. The molecule has 2 heterocycles. The molecule has 0 bridgehead atoms. The van der Waals surface area contributed by atoms with Gasteiger partial charge >= 0.3 is 0 Å². The summed E-state index contributed by atoms with van der Waals surface area (Å²) in [5, 5.41) is 15.4. The fourth-order valence-corrected chi connectivity index (χ4v) is 4.80. The molecule has 174 valence electrons. The van der Waals surface area contributed by atoms with Crippen LogP contribution in [-0.2, 0) is 16.1 Å². The quantitative estimate of drug-likeness (QED) is 0.378. The number of halogens is 1. The van der Waals surface area contributed by atoms with Crippen LogP contribution in [0.1, 0.15) is 5.82 Å². The smallest absolute Gasteiger partial charge is 0.234 e. The molecule has 7 nitrogen and oxygen atoms in total. The van der Waals surface area contributed by atoms with Crippen molar-refractivity contribution in [3.63, 3.8) is 0 Å². The predicted molar refractivity (Wildman–Crippen MR) is 136 cm³/mol. The van der Waals surface area contributed by atoms with Crippen LogP contribution in [0, 0.1) is 0 Å². The van der Waals surface area contributed by atoms with E-state index in [1.54, 1.807) is 0 Å². The third kappa shape index (κ3) is 5.42. The van der Waals surface area contributed by atoms with Gasteiger partial charge < -0.3 is 10.1 Å². The van der Waals surface area contributed by atoms with Crippen molar-refractivity contribution in [1.29, 1.82) is 0 Å². The van der Waals surface area contributed by atoms with E-state index in [1.807, 2.05) is 65.2 Å². The molecule has 0 atom stereocenters. The van der Waals surface area contributed by atoms with Crippen LogP contribution in [0.3, 0.4) is 0 Å². The fourth-order valence-electron chi connectivity index (χ4n) is 3.90. The van der Waals surface area contributed by atoms with Crippen molar-refractivity contribution in [1.82, 2.24) is 19.7 Å². The van der Waals surface area contributed by atoms with Crippen molar-refractivity contribution < 1.29 is 9.53 Å². The highest BCUT2D eigenvalue weighted by Crippen LogP contribution is 2.25. The number of benzene rings is 3. The minimum atomic E-state index is -0.0966. The van der Waals surface area contributed by atoms with Crippen LogP contribution < -0.4 is 5.32 Å². The number of fused-ring (bicyclic) bond motifs is 1. The molecular formula is C25H24ClN5O2S. The average molecular weight is 494 g/mol. The lowest BCUT2D eigenvalue weighted by Gasteiger charge is -2.26. The lowest BCUT2D eigenvalue weighted by molar-refractivity contribution is -0.113. The molecule has 3 aromatic carbocycles. The Morgan fingerprint density at radius 2 is 1.76 bits per heavy atom. The van der Waals surface area contributed by atoms with E-state index >= 15 is 0 Å². The zero-order valence-corrected chi connectivity index (χ0v) is 20.1. The minimum absolute atomic E-state index is 0.0966. The highest BCUT2D eigenvalue weighted by molar-refractivity contribution is 7.99. The first-order valence-electron chi connectivity index (χ1n) is 11.1. The van der Waals surface area contributed by atoms with Crippen molar-refractivity contribution >= 4 is 45.7 Å². The van der Waals surface area contributed by atoms with Crippen LogP contribution in [0.5, 0.6) is 0 Å². The molecule has 1 aliphatic rings. The molecule has 4 aromatic rings. The van der Waals surface area contributed by atoms with Gasteiger partial charge in [0.2, 0.25) is 5.91 Å². The van der Waals surface area contributed by atoms with Gasteiger partial charge in [-0.3, -0.25) is 14.3 Å². The van der Waals surface area contributed by atoms with Crippen LogP contribution in [0.4, 0.5) is 5.69 Å². The topological polar surface area (TPSA) is 72.3 Å². The highest BCUT2D eigenvalue weighted by Gasteiger charge is 2.20. The third-order valence-electron chi connectivity index (χ3n) is 5.62. The van der Waals surface area contributed by atoms with Gasteiger partial charge in [-0.2, -0.15) is 0 Å². The number of hydrogen-bond donors (Lipinski definition) is 1. The molecule has 0 saturated carbocycles. The first kappa shape index (κ1) is 22.9. The molecule has 0 spiro atoms. The number of aromatic nitrogens is 3. The van der Waals surface area contributed by atoms with Crippen LogP contribution in [-0.4, -0.2) is 57.6 Å². The standard InChI is InChI=1S/C25H24ClN5O2S/c26-20-6-9-22(10-7-20)31-23(16-30-11-13-33-14-12-30)28-29-25(31)34-17-24(32)27-21-8-5-18-3-1-2-4-19(18)15-21/h1-10,15H,11-14,16-17H2,(H,27,32). The number of ether oxygens (including phenoxy) is 1. The average Bonchev–Trinajstić information content (AvgIpc) is 3.26. The van der Waals surface area contributed by atoms with Crippen molar-refractivity contribution in [2.75, 3.05) is 37.4 Å². The molecule has 5 rings (SSSR count). The monoisotopic (exact) mass is 493 g/mol. The van der Waals surface area contributed by atoms with Crippen molar-refractivity contribution in [3.8, 4) is 5.69 Å². The summed E-state index contributed by atoms with van der Waals surface area (Å²) in [4.78, 5) is 15.0. The largest absolute Gasteiger partial charge is 0.379 e. The SMILES string of the molecule is O=C(CSc1nnc(CN2CCOCC2)n1-c1ccc(Cl)cc1)Nc1ccc2ccccc2c1. The maximum Gasteiger partial charge on any atom is 0.234 e. The normalized spacial score (nSPS) is 14.4. The molecule has 1 N–H and O–H groups in total. The maximum absolute atomic E-state index is 12.7. The van der Waals surface area contributed by atoms with Gasteiger partial charge in [-0.05, 0) is 47.2 Å². The van der Waals surface area contributed by atoms with Gasteiger partial charge in [0.15, 0.2) is 11.0 Å². The molecule has 1 aromatic heterocycles. The Morgan fingerprint density at radius 1 is 1.00 bits per heavy atom. The number of hydrogen-bond acceptors (Lipinski definition) is 6. The van der Waals surface area contributed by atoms with E-state index in [-0.39, 0.29) is 11.7 Å². The number of carbonyl (C=O) groups is 1. The number of thioether (sulfide) groups is 1. The van der Waals surface area contributed by atoms with Crippen molar-refractivity contribution in [2.24, 2.45) is 0 Å². The van der Waals surface area contributed by atoms with E-state index in [9.17, 15) is 4.79 Å². The Morgan fingerprint density at radius 3 is 2.56 bits per heavy atom. The van der Waals surface area contributed by atoms with Gasteiger partial charge in [0.1, 0.15) is 0 Å². The summed E-state index contributed by atoms with van der Waals surface area (Å²) in [5.41, 5.74) is 1.69. The third-order valence-corrected chi connectivity index (χ3v) is 6.80. The molecule has 1 amide bonds. The number of anilines is 1. The summed E-state index contributed by atoms with van der Waals surface area (Å²) in [6, 6.07) is 21.5. The lowest BCUT2D eigenvalue weighted by atomic mass is 10.1. The number of nitrogens with zero attached hydrogens (tertiary/aromatic N) is 4. The summed E-state index contributed by atoms with van der Waals surface area (Å²) in [7, 11) is 0. The Balaban J connectivity index is 1.31. The zero-order valence-electron chi connectivity index (χ0n) is 18.5.